The molecule has 0 spiro atoms. The van der Waals surface area contributed by atoms with Crippen molar-refractivity contribution < 1.29 is 5.11 Å². The second-order valence-electron chi connectivity index (χ2n) is 9.84. The van der Waals surface area contributed by atoms with Crippen molar-refractivity contribution in [2.45, 2.75) is 60.4 Å². The number of phenolic OH excluding ortho intramolecular Hbond substituents is 1. The molecule has 0 saturated carbocycles. The lowest BCUT2D eigenvalue weighted by molar-refractivity contribution is 0.475. The molecule has 0 atom stereocenters. The van der Waals surface area contributed by atoms with Crippen LogP contribution in [-0.4, -0.2) is 16.1 Å². The largest absolute Gasteiger partial charge is 0.508 e. The van der Waals surface area contributed by atoms with E-state index >= 15 is 0 Å². The number of nitrogens with zero attached hydrogens (tertiary/aromatic N) is 1. The van der Waals surface area contributed by atoms with Gasteiger partial charge in [-0.1, -0.05) is 36.4 Å². The minimum Gasteiger partial charge on any atom is -0.508 e. The van der Waals surface area contributed by atoms with Gasteiger partial charge in [-0.2, -0.15) is 0 Å². The van der Waals surface area contributed by atoms with Gasteiger partial charge in [0.1, 0.15) is 11.6 Å². The van der Waals surface area contributed by atoms with E-state index in [1.807, 2.05) is 18.3 Å². The highest BCUT2D eigenvalue weighted by molar-refractivity contribution is 5.82. The summed E-state index contributed by atoms with van der Waals surface area (Å²) in [6.45, 7) is 13.2. The molecule has 4 aromatic rings. The predicted octanol–water partition coefficient (Wildman–Crippen LogP) is 7.96. The SMILES string of the molecule is Cc1c(C)c(-c2ccc(NC(C)C)nc2)c(C)c(C)c1-c1ccc(CCc2ccc(O)cc2)cc1. The highest BCUT2D eigenvalue weighted by Gasteiger charge is 2.17. The summed E-state index contributed by atoms with van der Waals surface area (Å²) in [6.07, 6.45) is 3.93. The average molecular weight is 465 g/mol. The second-order valence-corrected chi connectivity index (χ2v) is 9.84. The number of hydrogen-bond donors (Lipinski definition) is 2. The van der Waals surface area contributed by atoms with Crippen LogP contribution in [0, 0.1) is 27.7 Å². The number of aromatic hydroxyl groups is 1. The van der Waals surface area contributed by atoms with E-state index in [0.717, 1.165) is 24.2 Å². The van der Waals surface area contributed by atoms with Crippen LogP contribution in [0.3, 0.4) is 0 Å². The first kappa shape index (κ1) is 24.5. The van der Waals surface area contributed by atoms with Crippen LogP contribution in [-0.2, 0) is 12.8 Å². The van der Waals surface area contributed by atoms with Crippen LogP contribution in [0.4, 0.5) is 5.82 Å². The van der Waals surface area contributed by atoms with Crippen LogP contribution in [0.1, 0.15) is 47.2 Å². The van der Waals surface area contributed by atoms with Gasteiger partial charge in [0.05, 0.1) is 0 Å². The normalized spacial score (nSPS) is 11.2. The van der Waals surface area contributed by atoms with Crippen molar-refractivity contribution in [3.63, 3.8) is 0 Å². The molecule has 2 N–H and O–H groups in total. The van der Waals surface area contributed by atoms with Crippen molar-refractivity contribution in [1.29, 1.82) is 0 Å². The summed E-state index contributed by atoms with van der Waals surface area (Å²) < 4.78 is 0. The van der Waals surface area contributed by atoms with Gasteiger partial charge >= 0.3 is 0 Å². The zero-order valence-electron chi connectivity index (χ0n) is 21.7. The fourth-order valence-electron chi connectivity index (χ4n) is 4.89. The Bertz CT molecular complexity index is 1270. The van der Waals surface area contributed by atoms with Crippen molar-refractivity contribution in [2.75, 3.05) is 5.32 Å². The van der Waals surface area contributed by atoms with Crippen LogP contribution in [0.2, 0.25) is 0 Å². The van der Waals surface area contributed by atoms with E-state index in [0.29, 0.717) is 11.8 Å². The van der Waals surface area contributed by atoms with Crippen molar-refractivity contribution in [1.82, 2.24) is 4.98 Å². The molecule has 35 heavy (non-hydrogen) atoms. The Kier molecular flexibility index (Phi) is 7.25. The topological polar surface area (TPSA) is 45.2 Å². The Morgan fingerprint density at radius 3 is 1.57 bits per heavy atom. The Balaban J connectivity index is 1.60. The van der Waals surface area contributed by atoms with Gasteiger partial charge in [-0.05, 0) is 129 Å². The van der Waals surface area contributed by atoms with Gasteiger partial charge in [0, 0.05) is 17.8 Å². The lowest BCUT2D eigenvalue weighted by atomic mass is 9.83. The summed E-state index contributed by atoms with van der Waals surface area (Å²) in [7, 11) is 0. The maximum atomic E-state index is 9.48. The molecule has 1 aromatic heterocycles. The number of phenols is 1. The molecule has 3 aromatic carbocycles. The van der Waals surface area contributed by atoms with Gasteiger partial charge in [0.15, 0.2) is 0 Å². The third-order valence-electron chi connectivity index (χ3n) is 7.00. The van der Waals surface area contributed by atoms with E-state index in [9.17, 15) is 5.11 Å². The van der Waals surface area contributed by atoms with Gasteiger partial charge in [0.2, 0.25) is 0 Å². The molecular formula is C32H36N2O. The summed E-state index contributed by atoms with van der Waals surface area (Å²) in [5, 5.41) is 12.8. The highest BCUT2D eigenvalue weighted by atomic mass is 16.3. The van der Waals surface area contributed by atoms with Crippen molar-refractivity contribution >= 4 is 5.82 Å². The van der Waals surface area contributed by atoms with Crippen LogP contribution >= 0.6 is 0 Å². The first-order valence-electron chi connectivity index (χ1n) is 12.4. The molecule has 0 amide bonds. The fourth-order valence-corrected chi connectivity index (χ4v) is 4.89. The average Bonchev–Trinajstić information content (AvgIpc) is 2.84. The smallest absolute Gasteiger partial charge is 0.126 e. The molecule has 0 unspecified atom stereocenters. The summed E-state index contributed by atoms with van der Waals surface area (Å²) >= 11 is 0. The number of hydrogen-bond acceptors (Lipinski definition) is 3. The van der Waals surface area contributed by atoms with Gasteiger partial charge in [-0.25, -0.2) is 4.98 Å². The van der Waals surface area contributed by atoms with Gasteiger partial charge < -0.3 is 10.4 Å². The molecular weight excluding hydrogens is 428 g/mol. The van der Waals surface area contributed by atoms with E-state index in [4.69, 9.17) is 0 Å². The minimum atomic E-state index is 0.317. The van der Waals surface area contributed by atoms with E-state index in [1.54, 1.807) is 12.1 Å². The monoisotopic (exact) mass is 464 g/mol. The van der Waals surface area contributed by atoms with E-state index in [-0.39, 0.29) is 0 Å². The Morgan fingerprint density at radius 2 is 1.11 bits per heavy atom. The molecule has 0 aliphatic carbocycles. The minimum absolute atomic E-state index is 0.317. The Morgan fingerprint density at radius 1 is 0.657 bits per heavy atom. The molecule has 3 nitrogen and oxygen atoms in total. The van der Waals surface area contributed by atoms with Crippen molar-refractivity contribution in [3.05, 3.63) is 100 Å². The predicted molar refractivity (Wildman–Crippen MR) is 148 cm³/mol. The maximum absolute atomic E-state index is 9.48. The molecule has 1 heterocycles. The number of rotatable bonds is 7. The van der Waals surface area contributed by atoms with Crippen LogP contribution < -0.4 is 5.32 Å². The molecule has 0 aliphatic rings. The summed E-state index contributed by atoms with van der Waals surface area (Å²) in [5.41, 5.74) is 12.9. The van der Waals surface area contributed by atoms with E-state index in [1.165, 1.54) is 50.1 Å². The molecule has 3 heteroatoms. The van der Waals surface area contributed by atoms with E-state index < -0.39 is 0 Å². The lowest BCUT2D eigenvalue weighted by Gasteiger charge is -2.21. The third-order valence-corrected chi connectivity index (χ3v) is 7.00. The summed E-state index contributed by atoms with van der Waals surface area (Å²) in [4.78, 5) is 4.65. The quantitative estimate of drug-likeness (QED) is 0.292. The number of anilines is 1. The molecule has 0 radical (unpaired) electrons. The zero-order valence-corrected chi connectivity index (χ0v) is 21.7. The number of benzene rings is 3. The van der Waals surface area contributed by atoms with Crippen LogP contribution in [0.15, 0.2) is 66.9 Å². The molecule has 0 fully saturated rings. The van der Waals surface area contributed by atoms with Gasteiger partial charge in [-0.15, -0.1) is 0 Å². The molecule has 4 rings (SSSR count). The molecule has 0 saturated heterocycles. The van der Waals surface area contributed by atoms with Crippen molar-refractivity contribution in [2.24, 2.45) is 0 Å². The standard InChI is InChI=1S/C32H36N2O/c1-20(2)34-30-18-15-28(19-33-30)32-23(5)21(3)31(22(4)24(32)6)27-13-9-25(10-14-27)7-8-26-11-16-29(35)17-12-26/h9-20,35H,7-8H2,1-6H3,(H,33,34). The molecule has 0 bridgehead atoms. The first-order valence-corrected chi connectivity index (χ1v) is 12.4. The van der Waals surface area contributed by atoms with Gasteiger partial charge in [0.25, 0.3) is 0 Å². The molecule has 0 aliphatic heterocycles. The van der Waals surface area contributed by atoms with Crippen LogP contribution in [0.25, 0.3) is 22.3 Å². The summed E-state index contributed by atoms with van der Waals surface area (Å²) in [6, 6.07) is 21.1. The lowest BCUT2D eigenvalue weighted by Crippen LogP contribution is -2.10. The van der Waals surface area contributed by atoms with Gasteiger partial charge in [-0.3, -0.25) is 0 Å². The number of nitrogens with one attached hydrogen (secondary N) is 1. The molecule has 180 valence electrons. The van der Waals surface area contributed by atoms with Crippen LogP contribution in [0.5, 0.6) is 5.75 Å². The Labute approximate surface area is 209 Å². The van der Waals surface area contributed by atoms with Crippen molar-refractivity contribution in [3.8, 4) is 28.0 Å². The summed E-state index contributed by atoms with van der Waals surface area (Å²) in [5.74, 6) is 1.23. The third kappa shape index (κ3) is 5.40. The fraction of sp³-hybridized carbons (Fsp3) is 0.281. The zero-order chi connectivity index (χ0) is 25.1. The van der Waals surface area contributed by atoms with E-state index in [2.05, 4.69) is 88.2 Å². The highest BCUT2D eigenvalue weighted by Crippen LogP contribution is 2.39. The number of aromatic nitrogens is 1. The first-order chi connectivity index (χ1) is 16.7. The number of aryl methyl sites for hydroxylation is 2. The second kappa shape index (κ2) is 10.4. The number of pyridine rings is 1. The Hall–Kier alpha value is -3.59. The maximum Gasteiger partial charge on any atom is 0.126 e.